The van der Waals surface area contributed by atoms with Crippen LogP contribution in [-0.2, 0) is 28.6 Å². The molecular formula is C59H96O6. The fourth-order valence-electron chi connectivity index (χ4n) is 6.90. The van der Waals surface area contributed by atoms with Gasteiger partial charge < -0.3 is 14.2 Å². The third-order valence-electron chi connectivity index (χ3n) is 10.8. The number of hydrogen-bond acceptors (Lipinski definition) is 6. The van der Waals surface area contributed by atoms with Gasteiger partial charge >= 0.3 is 17.9 Å². The van der Waals surface area contributed by atoms with Crippen LogP contribution >= 0.6 is 0 Å². The van der Waals surface area contributed by atoms with E-state index in [1.165, 1.54) is 70.6 Å². The largest absolute Gasteiger partial charge is 0.462 e. The molecule has 0 aliphatic carbocycles. The minimum atomic E-state index is -0.815. The van der Waals surface area contributed by atoms with E-state index < -0.39 is 6.10 Å². The summed E-state index contributed by atoms with van der Waals surface area (Å²) in [6, 6.07) is 0. The van der Waals surface area contributed by atoms with E-state index in [1.54, 1.807) is 0 Å². The van der Waals surface area contributed by atoms with E-state index >= 15 is 0 Å². The van der Waals surface area contributed by atoms with Gasteiger partial charge in [0.15, 0.2) is 6.10 Å². The number of carbonyl (C=O) groups excluding carboxylic acids is 3. The zero-order chi connectivity index (χ0) is 47.2. The molecule has 0 spiro atoms. The lowest BCUT2D eigenvalue weighted by Gasteiger charge is -2.18. The summed E-state index contributed by atoms with van der Waals surface area (Å²) in [5, 5.41) is 0. The van der Waals surface area contributed by atoms with Gasteiger partial charge in [-0.1, -0.05) is 220 Å². The lowest BCUT2D eigenvalue weighted by molar-refractivity contribution is -0.166. The van der Waals surface area contributed by atoms with E-state index in [-0.39, 0.29) is 37.5 Å². The summed E-state index contributed by atoms with van der Waals surface area (Å²) in [4.78, 5) is 38.0. The first-order valence-electron chi connectivity index (χ1n) is 26.4. The average Bonchev–Trinajstić information content (AvgIpc) is 3.30. The molecule has 0 amide bonds. The first-order valence-corrected chi connectivity index (χ1v) is 26.4. The fraction of sp³-hybridized carbons (Fsp3) is 0.644. The number of carbonyl (C=O) groups is 3. The molecule has 1 unspecified atom stereocenters. The monoisotopic (exact) mass is 901 g/mol. The predicted octanol–water partition coefficient (Wildman–Crippen LogP) is 17.5. The topological polar surface area (TPSA) is 78.9 Å². The van der Waals surface area contributed by atoms with E-state index in [0.29, 0.717) is 19.3 Å². The van der Waals surface area contributed by atoms with Crippen molar-refractivity contribution in [3.8, 4) is 0 Å². The Hall–Kier alpha value is -3.93. The van der Waals surface area contributed by atoms with Gasteiger partial charge in [-0.3, -0.25) is 14.4 Å². The molecule has 368 valence electrons. The molecule has 1 atom stereocenters. The quantitative estimate of drug-likeness (QED) is 0.0199. The van der Waals surface area contributed by atoms with Crippen LogP contribution in [0.3, 0.4) is 0 Å². The highest BCUT2D eigenvalue weighted by Crippen LogP contribution is 2.13. The molecule has 0 aliphatic heterocycles. The van der Waals surface area contributed by atoms with Crippen LogP contribution in [-0.4, -0.2) is 37.2 Å². The Kier molecular flexibility index (Phi) is 49.5. The van der Waals surface area contributed by atoms with Crippen LogP contribution in [0.2, 0.25) is 0 Å². The number of unbranched alkanes of at least 4 members (excludes halogenated alkanes) is 19. The number of ether oxygens (including phenoxy) is 3. The van der Waals surface area contributed by atoms with Gasteiger partial charge in [-0.05, 0) is 96.3 Å². The molecule has 65 heavy (non-hydrogen) atoms. The summed E-state index contributed by atoms with van der Waals surface area (Å²) in [6.45, 7) is 6.30. The van der Waals surface area contributed by atoms with Gasteiger partial charge in [-0.15, -0.1) is 0 Å². The maximum atomic E-state index is 12.8. The van der Waals surface area contributed by atoms with Crippen molar-refractivity contribution in [1.82, 2.24) is 0 Å². The molecule has 0 saturated heterocycles. The lowest BCUT2D eigenvalue weighted by atomic mass is 10.1. The van der Waals surface area contributed by atoms with Crippen LogP contribution in [0.4, 0.5) is 0 Å². The zero-order valence-electron chi connectivity index (χ0n) is 42.0. The molecule has 0 fully saturated rings. The number of allylic oxidation sites excluding steroid dienone is 18. The molecule has 0 aromatic rings. The standard InChI is InChI=1S/C59H96O6/c1-4-7-10-13-16-19-22-25-27-28-29-30-32-34-37-40-43-46-49-52-58(61)64-55-56(54-63-57(60)51-48-45-42-39-36-33-24-21-18-15-12-9-6-3)65-59(62)53-50-47-44-41-38-35-31-26-23-20-17-14-11-8-5-2/h7-8,10-11,14,16-17,19-20,23,25,27,29-30,33,36,42,45,56H,4-6,9,12-13,15,18,21-22,24,26,28,31-32,34-35,37-41,43-44,46-55H2,1-3H3/b10-7-,11-8-,17-14-,19-16-,23-20-,27-25-,30-29-,36-33-,45-42-. The summed E-state index contributed by atoms with van der Waals surface area (Å²) in [5.74, 6) is -1.01. The minimum Gasteiger partial charge on any atom is -0.462 e. The van der Waals surface area contributed by atoms with Crippen molar-refractivity contribution < 1.29 is 28.6 Å². The highest BCUT2D eigenvalue weighted by molar-refractivity contribution is 5.71. The first kappa shape index (κ1) is 61.1. The highest BCUT2D eigenvalue weighted by Gasteiger charge is 2.19. The first-order chi connectivity index (χ1) is 32.0. The molecular weight excluding hydrogens is 805 g/mol. The smallest absolute Gasteiger partial charge is 0.306 e. The Morgan fingerprint density at radius 3 is 1.20 bits per heavy atom. The van der Waals surface area contributed by atoms with Gasteiger partial charge in [0.1, 0.15) is 13.2 Å². The Morgan fingerprint density at radius 1 is 0.338 bits per heavy atom. The molecule has 0 aliphatic rings. The molecule has 0 bridgehead atoms. The molecule has 6 heteroatoms. The zero-order valence-corrected chi connectivity index (χ0v) is 42.0. The molecule has 0 aromatic carbocycles. The second kappa shape index (κ2) is 52.7. The van der Waals surface area contributed by atoms with Crippen LogP contribution < -0.4 is 0 Å². The predicted molar refractivity (Wildman–Crippen MR) is 279 cm³/mol. The van der Waals surface area contributed by atoms with Gasteiger partial charge in [-0.2, -0.15) is 0 Å². The fourth-order valence-corrected chi connectivity index (χ4v) is 6.90. The molecule has 0 heterocycles. The van der Waals surface area contributed by atoms with E-state index in [9.17, 15) is 14.4 Å². The van der Waals surface area contributed by atoms with E-state index in [1.807, 2.05) is 6.08 Å². The Morgan fingerprint density at radius 2 is 0.708 bits per heavy atom. The van der Waals surface area contributed by atoms with Gasteiger partial charge in [0.25, 0.3) is 0 Å². The normalized spacial score (nSPS) is 13.0. The molecule has 0 saturated carbocycles. The summed E-state index contributed by atoms with van der Waals surface area (Å²) < 4.78 is 16.7. The number of esters is 3. The molecule has 0 rings (SSSR count). The van der Waals surface area contributed by atoms with E-state index in [4.69, 9.17) is 14.2 Å². The maximum absolute atomic E-state index is 12.8. The SMILES string of the molecule is CC\C=C/C=C\C=C/CCCCCCCCCC(=O)OC(COC(=O)CC/C=C\C/C=C\CCCCCCCC)COC(=O)CCCCCCCC/C=C\C/C=C\C/C=C\C/C=C\CC. The van der Waals surface area contributed by atoms with Crippen LogP contribution in [0.25, 0.3) is 0 Å². The molecule has 0 radical (unpaired) electrons. The summed E-state index contributed by atoms with van der Waals surface area (Å²) >= 11 is 0. The summed E-state index contributed by atoms with van der Waals surface area (Å²) in [6.07, 6.45) is 70.8. The molecule has 6 nitrogen and oxygen atoms in total. The molecule has 0 N–H and O–H groups in total. The Bertz CT molecular complexity index is 1360. The number of hydrogen-bond donors (Lipinski definition) is 0. The van der Waals surface area contributed by atoms with Gasteiger partial charge in [-0.25, -0.2) is 0 Å². The number of rotatable bonds is 46. The average molecular weight is 901 g/mol. The Balaban J connectivity index is 4.48. The highest BCUT2D eigenvalue weighted by atomic mass is 16.6. The van der Waals surface area contributed by atoms with Crippen LogP contribution in [0.5, 0.6) is 0 Å². The van der Waals surface area contributed by atoms with Crippen molar-refractivity contribution in [1.29, 1.82) is 0 Å². The minimum absolute atomic E-state index is 0.110. The van der Waals surface area contributed by atoms with Crippen molar-refractivity contribution in [2.75, 3.05) is 13.2 Å². The van der Waals surface area contributed by atoms with Crippen molar-refractivity contribution in [3.05, 3.63) is 109 Å². The summed E-state index contributed by atoms with van der Waals surface area (Å²) in [5.41, 5.74) is 0. The van der Waals surface area contributed by atoms with Crippen molar-refractivity contribution in [2.45, 2.75) is 232 Å². The van der Waals surface area contributed by atoms with Crippen LogP contribution in [0, 0.1) is 0 Å². The van der Waals surface area contributed by atoms with Crippen LogP contribution in [0.1, 0.15) is 226 Å². The lowest BCUT2D eigenvalue weighted by Crippen LogP contribution is -2.30. The summed E-state index contributed by atoms with van der Waals surface area (Å²) in [7, 11) is 0. The van der Waals surface area contributed by atoms with Crippen molar-refractivity contribution in [3.63, 3.8) is 0 Å². The van der Waals surface area contributed by atoms with Gasteiger partial charge in [0, 0.05) is 19.3 Å². The van der Waals surface area contributed by atoms with Gasteiger partial charge in [0.2, 0.25) is 0 Å². The van der Waals surface area contributed by atoms with Crippen molar-refractivity contribution in [2.24, 2.45) is 0 Å². The third-order valence-corrected chi connectivity index (χ3v) is 10.8. The van der Waals surface area contributed by atoms with E-state index in [2.05, 4.69) is 124 Å². The Labute approximate surface area is 400 Å². The second-order valence-corrected chi connectivity index (χ2v) is 17.1. The molecule has 0 aromatic heterocycles. The van der Waals surface area contributed by atoms with Crippen molar-refractivity contribution >= 4 is 17.9 Å². The van der Waals surface area contributed by atoms with E-state index in [0.717, 1.165) is 109 Å². The van der Waals surface area contributed by atoms with Crippen LogP contribution in [0.15, 0.2) is 109 Å². The maximum Gasteiger partial charge on any atom is 0.306 e. The third kappa shape index (κ3) is 50.9. The van der Waals surface area contributed by atoms with Gasteiger partial charge in [0.05, 0.1) is 0 Å². The second-order valence-electron chi connectivity index (χ2n) is 17.1.